The summed E-state index contributed by atoms with van der Waals surface area (Å²) in [6.07, 6.45) is -7.59. The minimum atomic E-state index is -1.36. The van der Waals surface area contributed by atoms with Crippen LogP contribution in [0.15, 0.2) is 54.1 Å². The van der Waals surface area contributed by atoms with E-state index in [4.69, 9.17) is 47.4 Å². The van der Waals surface area contributed by atoms with Crippen LogP contribution >= 0.6 is 0 Å². The number of nitrogens with zero attached hydrogens (tertiary/aromatic N) is 1. The van der Waals surface area contributed by atoms with Crippen molar-refractivity contribution in [1.29, 1.82) is 0 Å². The number of hydrogen-bond acceptors (Lipinski definition) is 18. The number of aliphatic hydroxyl groups is 4. The lowest BCUT2D eigenvalue weighted by molar-refractivity contribution is -0.344. The number of carbonyl (C=O) groups is 3. The van der Waals surface area contributed by atoms with Crippen molar-refractivity contribution in [3.05, 3.63) is 59.7 Å². The minimum absolute atomic E-state index is 0.00640. The van der Waals surface area contributed by atoms with Gasteiger partial charge >= 0.3 is 5.97 Å². The molecule has 4 heterocycles. The number of allylic oxidation sites excluding steroid dienone is 3. The second-order valence-electron chi connectivity index (χ2n) is 20.5. The van der Waals surface area contributed by atoms with Gasteiger partial charge in [-0.05, 0) is 79.1 Å². The number of likely N-dealkylation sites (N-methyl/N-ethyl adjacent to an activating group) is 1. The summed E-state index contributed by atoms with van der Waals surface area (Å²) in [6, 6.07) is 8.92. The van der Waals surface area contributed by atoms with Crippen LogP contribution in [0.5, 0.6) is 0 Å². The molecule has 0 aromatic heterocycles. The van der Waals surface area contributed by atoms with Gasteiger partial charge in [0.1, 0.15) is 49.0 Å². The van der Waals surface area contributed by atoms with Crippen LogP contribution in [-0.4, -0.2) is 182 Å². The quantitative estimate of drug-likeness (QED) is 0.135. The zero-order valence-corrected chi connectivity index (χ0v) is 43.7. The van der Waals surface area contributed by atoms with Crippen LogP contribution in [0.3, 0.4) is 0 Å². The van der Waals surface area contributed by atoms with E-state index in [9.17, 15) is 34.8 Å². The summed E-state index contributed by atoms with van der Waals surface area (Å²) in [4.78, 5) is 41.9. The number of carbonyl (C=O) groups excluding carboxylic acids is 3. The van der Waals surface area contributed by atoms with Gasteiger partial charge in [0.2, 0.25) is 0 Å². The Morgan fingerprint density at radius 3 is 2.13 bits per heavy atom. The van der Waals surface area contributed by atoms with Crippen molar-refractivity contribution in [2.75, 3.05) is 34.9 Å². The smallest absolute Gasteiger partial charge is 0.308 e. The number of aldehydes is 1. The average Bonchev–Trinajstić information content (AvgIpc) is 3.31. The maximum atomic E-state index is 13.9. The number of hydrogen-bond donors (Lipinski definition) is 4. The largest absolute Gasteiger partial charge is 0.462 e. The van der Waals surface area contributed by atoms with Crippen LogP contribution in [0.2, 0.25) is 0 Å². The topological polar surface area (TPSA) is 228 Å². The highest BCUT2D eigenvalue weighted by Gasteiger charge is 2.52. The lowest BCUT2D eigenvalue weighted by atomic mass is 9.79. The molecule has 0 bridgehead atoms. The molecule has 21 atom stereocenters. The summed E-state index contributed by atoms with van der Waals surface area (Å²) in [5.41, 5.74) is 0.318. The number of rotatable bonds is 16. The summed E-state index contributed by atoms with van der Waals surface area (Å²) >= 11 is 0. The first-order chi connectivity index (χ1) is 33.6. The molecule has 0 unspecified atom stereocenters. The molecule has 18 nitrogen and oxygen atoms in total. The number of ether oxygens (including phenoxy) is 10. The number of esters is 1. The second kappa shape index (κ2) is 26.9. The number of cyclic esters (lactones) is 1. The Balaban J connectivity index is 1.35. The summed E-state index contributed by atoms with van der Waals surface area (Å²) in [5, 5.41) is 46.4. The Labute approximate surface area is 420 Å². The molecule has 0 spiro atoms. The van der Waals surface area contributed by atoms with Crippen molar-refractivity contribution in [3.63, 3.8) is 0 Å². The van der Waals surface area contributed by atoms with Crippen LogP contribution in [0.25, 0.3) is 0 Å². The molecule has 1 aromatic rings. The van der Waals surface area contributed by atoms with Crippen LogP contribution < -0.4 is 0 Å². The van der Waals surface area contributed by atoms with E-state index in [1.165, 1.54) is 20.3 Å². The number of ketones is 1. The van der Waals surface area contributed by atoms with Crippen LogP contribution in [-0.2, 0) is 68.4 Å². The Hall–Kier alpha value is -3.05. The first-order valence-corrected chi connectivity index (χ1v) is 25.2. The predicted octanol–water partition coefficient (Wildman–Crippen LogP) is 4.06. The van der Waals surface area contributed by atoms with Gasteiger partial charge in [-0.1, -0.05) is 68.8 Å². The zero-order chi connectivity index (χ0) is 52.3. The monoisotopic (exact) mass is 1010 g/mol. The number of methoxy groups -OCH3 is 2. The Morgan fingerprint density at radius 1 is 0.831 bits per heavy atom. The van der Waals surface area contributed by atoms with Gasteiger partial charge in [-0.3, -0.25) is 9.59 Å². The maximum Gasteiger partial charge on any atom is 0.308 e. The zero-order valence-electron chi connectivity index (χ0n) is 43.7. The van der Waals surface area contributed by atoms with E-state index in [2.05, 4.69) is 0 Å². The van der Waals surface area contributed by atoms with E-state index < -0.39 is 140 Å². The van der Waals surface area contributed by atoms with Crippen molar-refractivity contribution >= 4 is 18.0 Å². The fourth-order valence-corrected chi connectivity index (χ4v) is 10.6. The van der Waals surface area contributed by atoms with Crippen molar-refractivity contribution in [2.24, 2.45) is 23.7 Å². The van der Waals surface area contributed by atoms with Crippen molar-refractivity contribution < 1.29 is 82.2 Å². The standard InChI is InChI=1S/C53H83NO17/c1-13-40-37(28-65-52-49(63-12)48(62-11)44(59)32(5)67-52)23-29(2)19-20-38(56)30(3)24-36(21-22-55)46(31(4)39(57)25-41(58)69-40)71-51-45(60)43(54(9)10)47(33(6)68-51)70-42-26-53(8,61)50(34(7)66-42)64-27-35-17-15-14-16-18-35/h14-20,22-23,30-34,36-37,39-40,42-52,57,59-61H,13,21,24-28H2,1-12H3/b20-19+,29-23+/t30-,31+,32-,33-,34+,36+,37-,39-,40-,42+,43-,44-,45-,46-,47-,48-,49-,50+,51+,52-,53-/m1/s1. The fourth-order valence-electron chi connectivity index (χ4n) is 10.6. The molecule has 4 N–H and O–H groups in total. The van der Waals surface area contributed by atoms with Gasteiger partial charge in [0.05, 0.1) is 61.8 Å². The number of benzene rings is 1. The fraction of sp³-hybridized carbons (Fsp3) is 0.755. The summed E-state index contributed by atoms with van der Waals surface area (Å²) in [6.45, 7) is 14.4. The summed E-state index contributed by atoms with van der Waals surface area (Å²) < 4.78 is 61.8. The van der Waals surface area contributed by atoms with E-state index in [0.29, 0.717) is 12.0 Å². The Morgan fingerprint density at radius 2 is 1.51 bits per heavy atom. The van der Waals surface area contributed by atoms with Gasteiger partial charge in [0.15, 0.2) is 24.7 Å². The van der Waals surface area contributed by atoms with E-state index in [-0.39, 0.29) is 38.3 Å². The first kappa shape index (κ1) is 58.8. The average molecular weight is 1010 g/mol. The van der Waals surface area contributed by atoms with Crippen molar-refractivity contribution in [1.82, 2.24) is 4.90 Å². The predicted molar refractivity (Wildman–Crippen MR) is 259 cm³/mol. The lowest BCUT2D eigenvalue weighted by Crippen LogP contribution is -2.65. The van der Waals surface area contributed by atoms with Gasteiger partial charge < -0.3 is 77.5 Å². The maximum absolute atomic E-state index is 13.9. The van der Waals surface area contributed by atoms with Crippen LogP contribution in [0.1, 0.15) is 93.1 Å². The molecule has 0 radical (unpaired) electrons. The van der Waals surface area contributed by atoms with Gasteiger partial charge in [0, 0.05) is 44.8 Å². The first-order valence-electron chi connectivity index (χ1n) is 25.2. The summed E-state index contributed by atoms with van der Waals surface area (Å²) in [7, 11) is 6.51. The Kier molecular flexibility index (Phi) is 22.3. The molecule has 71 heavy (non-hydrogen) atoms. The molecule has 0 saturated carbocycles. The molecule has 3 fully saturated rings. The normalized spacial score (nSPS) is 42.5. The third-order valence-corrected chi connectivity index (χ3v) is 14.6. The second-order valence-corrected chi connectivity index (χ2v) is 20.5. The van der Waals surface area contributed by atoms with Gasteiger partial charge in [-0.15, -0.1) is 0 Å². The third-order valence-electron chi connectivity index (χ3n) is 14.6. The number of aliphatic hydroxyl groups excluding tert-OH is 3. The van der Waals surface area contributed by atoms with Crippen LogP contribution in [0.4, 0.5) is 0 Å². The molecule has 0 amide bonds. The summed E-state index contributed by atoms with van der Waals surface area (Å²) in [5.74, 6) is -3.58. The van der Waals surface area contributed by atoms with Gasteiger partial charge in [0.25, 0.3) is 0 Å². The highest BCUT2D eigenvalue weighted by Crippen LogP contribution is 2.38. The molecule has 4 aliphatic heterocycles. The molecule has 402 valence electrons. The molecule has 5 rings (SSSR count). The molecular formula is C53H83NO17. The van der Waals surface area contributed by atoms with Gasteiger partial charge in [-0.2, -0.15) is 0 Å². The molecule has 0 aliphatic carbocycles. The highest BCUT2D eigenvalue weighted by atomic mass is 16.7. The SMILES string of the molecule is CC[C@H]1OC(=O)C[C@@H](O)[C@H](C)[C@@H](O[C@@H]2O[C@H](C)[C@@H](O[C@H]3C[C@@](C)(O)[C@@H](OCc4ccccc4)[C@H](C)O3)[C@H](N(C)C)[C@H]2O)[C@@H](CC=O)C[C@@H](C)C(=O)/C=C/C(C)=C/[C@@H]1CO[C@@H]1O[C@H](C)[C@@H](O)[C@@H](OC)[C@H]1OC. The van der Waals surface area contributed by atoms with E-state index in [1.807, 2.05) is 57.2 Å². The van der Waals surface area contributed by atoms with Crippen molar-refractivity contribution in [3.8, 4) is 0 Å². The third kappa shape index (κ3) is 15.3. The molecule has 4 aliphatic rings. The molecule has 18 heteroatoms. The van der Waals surface area contributed by atoms with Crippen LogP contribution in [0, 0.1) is 23.7 Å². The minimum Gasteiger partial charge on any atom is -0.462 e. The highest BCUT2D eigenvalue weighted by molar-refractivity contribution is 5.91. The lowest BCUT2D eigenvalue weighted by Gasteiger charge is -2.50. The van der Waals surface area contributed by atoms with E-state index in [1.54, 1.807) is 59.7 Å². The molecular weight excluding hydrogens is 923 g/mol. The van der Waals surface area contributed by atoms with Gasteiger partial charge in [-0.25, -0.2) is 0 Å². The van der Waals surface area contributed by atoms with E-state index >= 15 is 0 Å². The molecule has 3 saturated heterocycles. The molecule has 1 aromatic carbocycles. The van der Waals surface area contributed by atoms with E-state index in [0.717, 1.165) is 11.8 Å². The Bertz CT molecular complexity index is 1880. The van der Waals surface area contributed by atoms with Crippen molar-refractivity contribution in [2.45, 2.75) is 198 Å².